The first-order valence-electron chi connectivity index (χ1n) is 9.08. The van der Waals surface area contributed by atoms with Crippen LogP contribution in [0.2, 0.25) is 10.0 Å². The molecule has 1 saturated carbocycles. The van der Waals surface area contributed by atoms with Crippen LogP contribution in [-0.4, -0.2) is 47.2 Å². The molecular formula is C19H20Cl2N2O3. The highest BCUT2D eigenvalue weighted by molar-refractivity contribution is 6.43. The first-order valence-corrected chi connectivity index (χ1v) is 9.84. The normalized spacial score (nSPS) is 25.3. The van der Waals surface area contributed by atoms with Crippen LogP contribution in [0.1, 0.15) is 52.8 Å². The van der Waals surface area contributed by atoms with Crippen LogP contribution in [0.4, 0.5) is 0 Å². The van der Waals surface area contributed by atoms with Crippen molar-refractivity contribution in [3.63, 3.8) is 0 Å². The molecule has 0 N–H and O–H groups in total. The van der Waals surface area contributed by atoms with Crippen molar-refractivity contribution in [3.8, 4) is 0 Å². The van der Waals surface area contributed by atoms with Crippen molar-refractivity contribution in [2.75, 3.05) is 19.6 Å². The maximum atomic E-state index is 12.7. The number of carbonyl (C=O) groups is 3. The summed E-state index contributed by atoms with van der Waals surface area (Å²) in [5, 5.41) is 0.443. The fraction of sp³-hybridized carbons (Fsp3) is 0.526. The Kier molecular flexibility index (Phi) is 4.70. The molecule has 1 saturated heterocycles. The van der Waals surface area contributed by atoms with E-state index in [4.69, 9.17) is 23.2 Å². The number of carbonyl (C=O) groups excluding carboxylic acids is 3. The minimum absolute atomic E-state index is 0.166. The molecule has 0 spiro atoms. The second kappa shape index (κ2) is 6.86. The van der Waals surface area contributed by atoms with Gasteiger partial charge in [-0.15, -0.1) is 0 Å². The molecule has 2 heterocycles. The van der Waals surface area contributed by atoms with Crippen LogP contribution in [0.15, 0.2) is 12.1 Å². The summed E-state index contributed by atoms with van der Waals surface area (Å²) in [6.45, 7) is 1.23. The lowest BCUT2D eigenvalue weighted by Crippen LogP contribution is -2.49. The third-order valence-corrected chi connectivity index (χ3v) is 6.67. The van der Waals surface area contributed by atoms with Crippen LogP contribution >= 0.6 is 23.2 Å². The number of piperidine rings is 1. The Labute approximate surface area is 162 Å². The number of halogens is 2. The van der Waals surface area contributed by atoms with Gasteiger partial charge in [-0.3, -0.25) is 19.3 Å². The maximum absolute atomic E-state index is 12.7. The van der Waals surface area contributed by atoms with Crippen molar-refractivity contribution < 1.29 is 14.4 Å². The monoisotopic (exact) mass is 394 g/mol. The van der Waals surface area contributed by atoms with E-state index < -0.39 is 11.8 Å². The molecule has 4 rings (SSSR count). The molecule has 5 nitrogen and oxygen atoms in total. The number of benzene rings is 1. The van der Waals surface area contributed by atoms with Gasteiger partial charge in [0, 0.05) is 13.1 Å². The molecule has 0 bridgehead atoms. The Morgan fingerprint density at radius 1 is 0.962 bits per heavy atom. The molecule has 2 atom stereocenters. The highest BCUT2D eigenvalue weighted by Crippen LogP contribution is 2.36. The number of likely N-dealkylation sites (tertiary alicyclic amines) is 1. The number of fused-ring (bicyclic) bond motifs is 2. The van der Waals surface area contributed by atoms with Crippen LogP contribution in [0.25, 0.3) is 0 Å². The fourth-order valence-corrected chi connectivity index (χ4v) is 4.82. The van der Waals surface area contributed by atoms with E-state index in [1.165, 1.54) is 37.8 Å². The van der Waals surface area contributed by atoms with Gasteiger partial charge >= 0.3 is 0 Å². The van der Waals surface area contributed by atoms with Gasteiger partial charge in [-0.1, -0.05) is 42.5 Å². The molecule has 26 heavy (non-hydrogen) atoms. The van der Waals surface area contributed by atoms with E-state index >= 15 is 0 Å². The Hall–Kier alpha value is -1.59. The standard InChI is InChI=1S/C19H20Cl2N2O3/c20-15-7-13-14(8-16(15)21)19(26)23(18(13)25)10-17(24)22-6-5-11-3-1-2-4-12(11)9-22/h7-8,11-12H,1-6,9-10H2/t11-,12-/m0/s1. The van der Waals surface area contributed by atoms with Crippen molar-refractivity contribution in [3.05, 3.63) is 33.3 Å². The summed E-state index contributed by atoms with van der Waals surface area (Å²) in [7, 11) is 0. The smallest absolute Gasteiger partial charge is 0.262 e. The Bertz CT molecular complexity index is 754. The molecule has 1 aromatic carbocycles. The van der Waals surface area contributed by atoms with Crippen LogP contribution in [0, 0.1) is 11.8 Å². The second-order valence-electron chi connectivity index (χ2n) is 7.44. The van der Waals surface area contributed by atoms with Crippen molar-refractivity contribution in [1.29, 1.82) is 0 Å². The van der Waals surface area contributed by atoms with Crippen molar-refractivity contribution in [2.45, 2.75) is 32.1 Å². The maximum Gasteiger partial charge on any atom is 0.262 e. The van der Waals surface area contributed by atoms with E-state index in [1.54, 1.807) is 0 Å². The number of rotatable bonds is 2. The molecule has 0 radical (unpaired) electrons. The molecule has 2 fully saturated rings. The SMILES string of the molecule is O=C(CN1C(=O)c2cc(Cl)c(Cl)cc2C1=O)N1CC[C@@H]2CCCC[C@H]2C1. The number of hydrogen-bond donors (Lipinski definition) is 0. The Balaban J connectivity index is 1.47. The zero-order valence-corrected chi connectivity index (χ0v) is 15.9. The van der Waals surface area contributed by atoms with Crippen LogP contribution in [-0.2, 0) is 4.79 Å². The Morgan fingerprint density at radius 2 is 1.54 bits per heavy atom. The summed E-state index contributed by atoms with van der Waals surface area (Å²) in [6.07, 6.45) is 5.95. The second-order valence-corrected chi connectivity index (χ2v) is 8.26. The molecule has 3 amide bonds. The summed E-state index contributed by atoms with van der Waals surface area (Å²) in [4.78, 5) is 40.7. The predicted molar refractivity (Wildman–Crippen MR) is 98.5 cm³/mol. The van der Waals surface area contributed by atoms with Crippen LogP contribution in [0.3, 0.4) is 0 Å². The van der Waals surface area contributed by atoms with Crippen LogP contribution in [0.5, 0.6) is 0 Å². The van der Waals surface area contributed by atoms with Crippen molar-refractivity contribution in [1.82, 2.24) is 9.80 Å². The highest BCUT2D eigenvalue weighted by Gasteiger charge is 2.39. The third kappa shape index (κ3) is 3.01. The summed E-state index contributed by atoms with van der Waals surface area (Å²) in [5.41, 5.74) is 0.423. The minimum Gasteiger partial charge on any atom is -0.341 e. The largest absolute Gasteiger partial charge is 0.341 e. The predicted octanol–water partition coefficient (Wildman–Crippen LogP) is 3.63. The summed E-state index contributed by atoms with van der Waals surface area (Å²) >= 11 is 11.9. The lowest BCUT2D eigenvalue weighted by Gasteiger charge is -2.41. The van der Waals surface area contributed by atoms with Crippen LogP contribution < -0.4 is 0 Å². The minimum atomic E-state index is -0.482. The molecule has 2 aliphatic heterocycles. The average Bonchev–Trinajstić information content (AvgIpc) is 2.86. The molecule has 1 aliphatic carbocycles. The molecule has 1 aromatic rings. The number of nitrogens with zero attached hydrogens (tertiary/aromatic N) is 2. The van der Waals surface area contributed by atoms with Gasteiger partial charge in [-0.25, -0.2) is 0 Å². The van der Waals surface area contributed by atoms with E-state index in [-0.39, 0.29) is 33.6 Å². The zero-order valence-electron chi connectivity index (χ0n) is 14.3. The van der Waals surface area contributed by atoms with Gasteiger partial charge in [0.25, 0.3) is 11.8 Å². The van der Waals surface area contributed by atoms with E-state index in [2.05, 4.69) is 0 Å². The quantitative estimate of drug-likeness (QED) is 0.719. The molecule has 0 unspecified atom stereocenters. The van der Waals surface area contributed by atoms with Gasteiger partial charge < -0.3 is 4.90 Å². The summed E-state index contributed by atoms with van der Waals surface area (Å²) in [6, 6.07) is 2.80. The molecule has 7 heteroatoms. The lowest BCUT2D eigenvalue weighted by atomic mass is 9.75. The van der Waals surface area contributed by atoms with Gasteiger partial charge in [0.05, 0.1) is 21.2 Å². The molecule has 0 aromatic heterocycles. The van der Waals surface area contributed by atoms with E-state index in [0.717, 1.165) is 23.8 Å². The average molecular weight is 395 g/mol. The van der Waals surface area contributed by atoms with Crippen molar-refractivity contribution >= 4 is 40.9 Å². The first-order chi connectivity index (χ1) is 12.5. The fourth-order valence-electron chi connectivity index (χ4n) is 4.49. The Morgan fingerprint density at radius 3 is 2.15 bits per heavy atom. The van der Waals surface area contributed by atoms with E-state index in [9.17, 15) is 14.4 Å². The number of imide groups is 1. The molecule has 3 aliphatic rings. The highest BCUT2D eigenvalue weighted by atomic mass is 35.5. The van der Waals surface area contributed by atoms with Gasteiger partial charge in [0.15, 0.2) is 0 Å². The lowest BCUT2D eigenvalue weighted by molar-refractivity contribution is -0.134. The third-order valence-electron chi connectivity index (χ3n) is 5.95. The molecule has 138 valence electrons. The number of amides is 3. The van der Waals surface area contributed by atoms with E-state index in [1.807, 2.05) is 4.90 Å². The summed E-state index contributed by atoms with van der Waals surface area (Å²) in [5.74, 6) is 0.146. The van der Waals surface area contributed by atoms with Gasteiger partial charge in [-0.2, -0.15) is 0 Å². The van der Waals surface area contributed by atoms with Gasteiger partial charge in [-0.05, 0) is 36.8 Å². The topological polar surface area (TPSA) is 57.7 Å². The van der Waals surface area contributed by atoms with Gasteiger partial charge in [0.1, 0.15) is 6.54 Å². The number of hydrogen-bond acceptors (Lipinski definition) is 3. The summed E-state index contributed by atoms with van der Waals surface area (Å²) < 4.78 is 0. The van der Waals surface area contributed by atoms with Crippen molar-refractivity contribution in [2.24, 2.45) is 11.8 Å². The van der Waals surface area contributed by atoms with Gasteiger partial charge in [0.2, 0.25) is 5.91 Å². The molecular weight excluding hydrogens is 375 g/mol. The first kappa shape index (κ1) is 17.8. The van der Waals surface area contributed by atoms with E-state index in [0.29, 0.717) is 12.5 Å². The zero-order chi connectivity index (χ0) is 18.4.